The van der Waals surface area contributed by atoms with E-state index in [1.807, 2.05) is 25.1 Å². The molecule has 2 rings (SSSR count). The Morgan fingerprint density at radius 2 is 2.00 bits per heavy atom. The number of nitrogens with zero attached hydrogens (tertiary/aromatic N) is 1. The molecule has 0 heterocycles. The van der Waals surface area contributed by atoms with Crippen LogP contribution in [0.5, 0.6) is 0 Å². The van der Waals surface area contributed by atoms with Gasteiger partial charge in [0.1, 0.15) is 5.02 Å². The molecule has 7 heteroatoms. The average molecular weight is 370 g/mol. The normalized spacial score (nSPS) is 10.2. The monoisotopic (exact) mass is 368 g/mol. The van der Waals surface area contributed by atoms with Gasteiger partial charge >= 0.3 is 0 Å². The van der Waals surface area contributed by atoms with Gasteiger partial charge in [-0.2, -0.15) is 0 Å². The van der Waals surface area contributed by atoms with Crippen molar-refractivity contribution in [2.45, 2.75) is 6.92 Å². The van der Waals surface area contributed by atoms with Gasteiger partial charge in [0.25, 0.3) is 11.6 Å². The van der Waals surface area contributed by atoms with Crippen molar-refractivity contribution in [2.24, 2.45) is 0 Å². The highest BCUT2D eigenvalue weighted by atomic mass is 79.9. The van der Waals surface area contributed by atoms with Crippen LogP contribution in [0.1, 0.15) is 15.9 Å². The van der Waals surface area contributed by atoms with Gasteiger partial charge in [0.2, 0.25) is 0 Å². The zero-order valence-electron chi connectivity index (χ0n) is 10.9. The topological polar surface area (TPSA) is 72.2 Å². The van der Waals surface area contributed by atoms with E-state index in [4.69, 9.17) is 11.6 Å². The van der Waals surface area contributed by atoms with Gasteiger partial charge in [-0.05, 0) is 52.7 Å². The molecule has 2 aromatic rings. The molecule has 108 valence electrons. The minimum atomic E-state index is -0.596. The average Bonchev–Trinajstić information content (AvgIpc) is 2.42. The van der Waals surface area contributed by atoms with Gasteiger partial charge < -0.3 is 5.32 Å². The van der Waals surface area contributed by atoms with Gasteiger partial charge in [0.15, 0.2) is 0 Å². The lowest BCUT2D eigenvalue weighted by Crippen LogP contribution is -2.12. The number of anilines is 1. The van der Waals surface area contributed by atoms with Gasteiger partial charge in [-0.15, -0.1) is 0 Å². The fourth-order valence-corrected chi connectivity index (χ4v) is 2.32. The molecule has 21 heavy (non-hydrogen) atoms. The first-order valence-electron chi connectivity index (χ1n) is 5.90. The van der Waals surface area contributed by atoms with Gasteiger partial charge in [0.05, 0.1) is 10.6 Å². The molecule has 0 radical (unpaired) electrons. The zero-order valence-corrected chi connectivity index (χ0v) is 13.2. The molecule has 0 aliphatic heterocycles. The van der Waals surface area contributed by atoms with Crippen LogP contribution in [-0.2, 0) is 0 Å². The lowest BCUT2D eigenvalue weighted by atomic mass is 10.1. The molecule has 5 nitrogen and oxygen atoms in total. The van der Waals surface area contributed by atoms with Crippen LogP contribution in [0.2, 0.25) is 5.02 Å². The van der Waals surface area contributed by atoms with E-state index in [0.29, 0.717) is 5.69 Å². The second-order valence-electron chi connectivity index (χ2n) is 4.36. The van der Waals surface area contributed by atoms with E-state index in [0.717, 1.165) is 10.0 Å². The Morgan fingerprint density at radius 3 is 2.62 bits per heavy atom. The first-order chi connectivity index (χ1) is 9.88. The van der Waals surface area contributed by atoms with Crippen LogP contribution in [0.4, 0.5) is 11.4 Å². The van der Waals surface area contributed by atoms with Crippen LogP contribution in [-0.4, -0.2) is 10.8 Å². The van der Waals surface area contributed by atoms with Gasteiger partial charge in [0, 0.05) is 16.1 Å². The maximum atomic E-state index is 12.2. The molecule has 0 bridgehead atoms. The van der Waals surface area contributed by atoms with Gasteiger partial charge in [-0.1, -0.05) is 17.7 Å². The Balaban J connectivity index is 2.26. The van der Waals surface area contributed by atoms with Gasteiger partial charge in [-0.3, -0.25) is 14.9 Å². The largest absolute Gasteiger partial charge is 0.321 e. The summed E-state index contributed by atoms with van der Waals surface area (Å²) in [7, 11) is 0. The van der Waals surface area contributed by atoms with E-state index < -0.39 is 10.8 Å². The molecular formula is C14H10BrClN2O3. The van der Waals surface area contributed by atoms with Crippen molar-refractivity contribution in [3.05, 3.63) is 67.1 Å². The lowest BCUT2D eigenvalue weighted by Gasteiger charge is -2.08. The molecule has 2 aromatic carbocycles. The van der Waals surface area contributed by atoms with Crippen LogP contribution in [0.25, 0.3) is 0 Å². The van der Waals surface area contributed by atoms with Crippen molar-refractivity contribution >= 4 is 44.8 Å². The number of nitro groups is 1. The number of aryl methyl sites for hydroxylation is 1. The highest BCUT2D eigenvalue weighted by molar-refractivity contribution is 9.10. The number of nitrogens with one attached hydrogen (secondary N) is 1. The minimum Gasteiger partial charge on any atom is -0.321 e. The fourth-order valence-electron chi connectivity index (χ4n) is 1.73. The molecule has 0 fully saturated rings. The molecule has 0 spiro atoms. The second-order valence-corrected chi connectivity index (χ2v) is 5.62. The third-order valence-electron chi connectivity index (χ3n) is 2.78. The lowest BCUT2D eigenvalue weighted by molar-refractivity contribution is -0.384. The number of nitro benzene ring substituents is 1. The smallest absolute Gasteiger partial charge is 0.287 e. The maximum absolute atomic E-state index is 12.2. The van der Waals surface area contributed by atoms with E-state index in [-0.39, 0.29) is 16.3 Å². The summed E-state index contributed by atoms with van der Waals surface area (Å²) in [6, 6.07) is 9.40. The summed E-state index contributed by atoms with van der Waals surface area (Å²) < 4.78 is 0.745. The summed E-state index contributed by atoms with van der Waals surface area (Å²) in [6.07, 6.45) is 0. The molecule has 1 N–H and O–H groups in total. The Bertz CT molecular complexity index is 734. The quantitative estimate of drug-likeness (QED) is 0.636. The summed E-state index contributed by atoms with van der Waals surface area (Å²) in [6.45, 7) is 1.91. The number of carbonyl (C=O) groups is 1. The summed E-state index contributed by atoms with van der Waals surface area (Å²) in [4.78, 5) is 22.2. The summed E-state index contributed by atoms with van der Waals surface area (Å²) in [5.74, 6) is -0.391. The van der Waals surface area contributed by atoms with E-state index in [9.17, 15) is 14.9 Å². The Labute approximate surface area is 134 Å². The van der Waals surface area contributed by atoms with Crippen LogP contribution in [0.3, 0.4) is 0 Å². The zero-order chi connectivity index (χ0) is 15.6. The van der Waals surface area contributed by atoms with E-state index >= 15 is 0 Å². The number of halogens is 2. The predicted molar refractivity (Wildman–Crippen MR) is 84.9 cm³/mol. The number of rotatable bonds is 3. The Kier molecular flexibility index (Phi) is 4.59. The fraction of sp³-hybridized carbons (Fsp3) is 0.0714. The van der Waals surface area contributed by atoms with Crippen molar-refractivity contribution in [1.82, 2.24) is 0 Å². The predicted octanol–water partition coefficient (Wildman–Crippen LogP) is 4.57. The second kappa shape index (κ2) is 6.24. The van der Waals surface area contributed by atoms with E-state index in [1.54, 1.807) is 0 Å². The first-order valence-corrected chi connectivity index (χ1v) is 7.07. The molecule has 0 unspecified atom stereocenters. The van der Waals surface area contributed by atoms with Crippen LogP contribution >= 0.6 is 27.5 Å². The molecule has 0 aromatic heterocycles. The molecule has 0 saturated carbocycles. The molecule has 0 atom stereocenters. The SMILES string of the molecule is Cc1ccc(Br)c(NC(=O)c2ccc([N+](=O)[O-])c(Cl)c2)c1. The Morgan fingerprint density at radius 1 is 1.29 bits per heavy atom. The summed E-state index contributed by atoms with van der Waals surface area (Å²) in [5, 5.41) is 13.3. The van der Waals surface area contributed by atoms with E-state index in [1.165, 1.54) is 18.2 Å². The first kappa shape index (κ1) is 15.5. The highest BCUT2D eigenvalue weighted by Crippen LogP contribution is 2.27. The van der Waals surface area contributed by atoms with E-state index in [2.05, 4.69) is 21.2 Å². The Hall–Kier alpha value is -1.92. The molecule has 0 aliphatic carbocycles. The number of hydrogen-bond acceptors (Lipinski definition) is 3. The third kappa shape index (κ3) is 3.59. The minimum absolute atomic E-state index is 0.0732. The highest BCUT2D eigenvalue weighted by Gasteiger charge is 2.16. The number of carbonyl (C=O) groups excluding carboxylic acids is 1. The standard InChI is InChI=1S/C14H10BrClN2O3/c1-8-2-4-10(15)12(6-8)17-14(19)9-3-5-13(18(20)21)11(16)7-9/h2-7H,1H3,(H,17,19). The molecule has 0 aliphatic rings. The third-order valence-corrected chi connectivity index (χ3v) is 3.77. The molecule has 1 amide bonds. The maximum Gasteiger partial charge on any atom is 0.287 e. The number of benzene rings is 2. The van der Waals surface area contributed by atoms with Crippen molar-refractivity contribution in [1.29, 1.82) is 0 Å². The number of hydrogen-bond donors (Lipinski definition) is 1. The summed E-state index contributed by atoms with van der Waals surface area (Å²) >= 11 is 9.14. The van der Waals surface area contributed by atoms with Crippen LogP contribution in [0.15, 0.2) is 40.9 Å². The van der Waals surface area contributed by atoms with Crippen molar-refractivity contribution in [3.63, 3.8) is 0 Å². The van der Waals surface area contributed by atoms with Crippen LogP contribution in [0, 0.1) is 17.0 Å². The van der Waals surface area contributed by atoms with Crippen molar-refractivity contribution in [3.8, 4) is 0 Å². The van der Waals surface area contributed by atoms with Crippen LogP contribution < -0.4 is 5.32 Å². The van der Waals surface area contributed by atoms with Crippen molar-refractivity contribution in [2.75, 3.05) is 5.32 Å². The molecule has 0 saturated heterocycles. The number of amides is 1. The summed E-state index contributed by atoms with van der Waals surface area (Å²) in [5.41, 5.74) is 1.63. The van der Waals surface area contributed by atoms with Gasteiger partial charge in [-0.25, -0.2) is 0 Å². The van der Waals surface area contributed by atoms with Crippen molar-refractivity contribution < 1.29 is 9.72 Å². The molecular weight excluding hydrogens is 360 g/mol.